The standard InChI is InChI=1S/C14H19NO4/c1-4-12(16)6-5-7-19-14-9-10(2)13(15(17)18)8-11(14)3/h8-9H,4-7H2,1-3H3. The summed E-state index contributed by atoms with van der Waals surface area (Å²) < 4.78 is 5.57. The van der Waals surface area contributed by atoms with Gasteiger partial charge in [-0.15, -0.1) is 0 Å². The zero-order chi connectivity index (χ0) is 14.4. The Kier molecular flexibility index (Phi) is 5.48. The average molecular weight is 265 g/mol. The number of hydrogen-bond donors (Lipinski definition) is 0. The third-order valence-corrected chi connectivity index (χ3v) is 2.94. The van der Waals surface area contributed by atoms with Gasteiger partial charge in [-0.05, 0) is 31.9 Å². The molecule has 0 saturated heterocycles. The van der Waals surface area contributed by atoms with Gasteiger partial charge in [-0.25, -0.2) is 0 Å². The number of nitrogens with zero attached hydrogens (tertiary/aromatic N) is 1. The van der Waals surface area contributed by atoms with E-state index in [0.717, 1.165) is 5.56 Å². The lowest BCUT2D eigenvalue weighted by Crippen LogP contribution is -2.04. The van der Waals surface area contributed by atoms with Crippen LogP contribution >= 0.6 is 0 Å². The SMILES string of the molecule is CCC(=O)CCCOc1cc(C)c([N+](=O)[O-])cc1C. The molecule has 1 rings (SSSR count). The molecular formula is C14H19NO4. The Morgan fingerprint density at radius 1 is 1.32 bits per heavy atom. The van der Waals surface area contributed by atoms with E-state index in [9.17, 15) is 14.9 Å². The minimum Gasteiger partial charge on any atom is -0.493 e. The molecule has 1 aromatic rings. The lowest BCUT2D eigenvalue weighted by molar-refractivity contribution is -0.385. The average Bonchev–Trinajstić information content (AvgIpc) is 2.37. The monoisotopic (exact) mass is 265 g/mol. The van der Waals surface area contributed by atoms with Crippen LogP contribution in [-0.4, -0.2) is 17.3 Å². The van der Waals surface area contributed by atoms with E-state index >= 15 is 0 Å². The third-order valence-electron chi connectivity index (χ3n) is 2.94. The van der Waals surface area contributed by atoms with Crippen LogP contribution in [0.25, 0.3) is 0 Å². The fraction of sp³-hybridized carbons (Fsp3) is 0.500. The van der Waals surface area contributed by atoms with Gasteiger partial charge in [0.2, 0.25) is 0 Å². The first kappa shape index (κ1) is 15.1. The first-order valence-electron chi connectivity index (χ1n) is 6.35. The maximum Gasteiger partial charge on any atom is 0.272 e. The summed E-state index contributed by atoms with van der Waals surface area (Å²) in [4.78, 5) is 21.5. The molecule has 0 heterocycles. The second kappa shape index (κ2) is 6.87. The van der Waals surface area contributed by atoms with E-state index in [1.54, 1.807) is 19.9 Å². The van der Waals surface area contributed by atoms with Crippen LogP contribution in [0.5, 0.6) is 5.75 Å². The molecule has 0 aliphatic rings. The Hall–Kier alpha value is -1.91. The molecule has 0 fully saturated rings. The van der Waals surface area contributed by atoms with Crippen LogP contribution in [0.15, 0.2) is 12.1 Å². The molecule has 0 N–H and O–H groups in total. The fourth-order valence-corrected chi connectivity index (χ4v) is 1.75. The molecular weight excluding hydrogens is 246 g/mol. The quantitative estimate of drug-likeness (QED) is 0.430. The largest absolute Gasteiger partial charge is 0.493 e. The predicted molar refractivity (Wildman–Crippen MR) is 72.6 cm³/mol. The molecule has 1 aromatic carbocycles. The number of nitro benzene ring substituents is 1. The number of nitro groups is 1. The van der Waals surface area contributed by atoms with E-state index in [0.29, 0.717) is 37.2 Å². The second-order valence-corrected chi connectivity index (χ2v) is 4.51. The molecule has 0 radical (unpaired) electrons. The number of Topliss-reactive ketones (excluding diaryl/α,β-unsaturated/α-hetero) is 1. The van der Waals surface area contributed by atoms with Crippen molar-refractivity contribution in [3.63, 3.8) is 0 Å². The molecule has 0 saturated carbocycles. The second-order valence-electron chi connectivity index (χ2n) is 4.51. The van der Waals surface area contributed by atoms with Gasteiger partial charge in [0.05, 0.1) is 11.5 Å². The van der Waals surface area contributed by atoms with Gasteiger partial charge in [0.25, 0.3) is 5.69 Å². The number of aryl methyl sites for hydroxylation is 2. The summed E-state index contributed by atoms with van der Waals surface area (Å²) in [5.41, 5.74) is 1.42. The van der Waals surface area contributed by atoms with Crippen LogP contribution in [0, 0.1) is 24.0 Å². The Morgan fingerprint density at radius 2 is 2.00 bits per heavy atom. The van der Waals surface area contributed by atoms with Crippen LogP contribution in [0.3, 0.4) is 0 Å². The highest BCUT2D eigenvalue weighted by Crippen LogP contribution is 2.27. The van der Waals surface area contributed by atoms with E-state index in [2.05, 4.69) is 0 Å². The Morgan fingerprint density at radius 3 is 2.58 bits per heavy atom. The first-order chi connectivity index (χ1) is 8.95. The predicted octanol–water partition coefficient (Wildman–Crippen LogP) is 3.35. The van der Waals surface area contributed by atoms with E-state index in [1.807, 2.05) is 6.92 Å². The molecule has 5 heteroatoms. The zero-order valence-corrected chi connectivity index (χ0v) is 11.6. The number of ether oxygens (including phenoxy) is 1. The lowest BCUT2D eigenvalue weighted by atomic mass is 10.1. The molecule has 0 bridgehead atoms. The van der Waals surface area contributed by atoms with Crippen LogP contribution < -0.4 is 4.74 Å². The van der Waals surface area contributed by atoms with Crippen molar-refractivity contribution in [2.24, 2.45) is 0 Å². The summed E-state index contributed by atoms with van der Waals surface area (Å²) in [6, 6.07) is 3.19. The Bertz CT molecular complexity index is 483. The van der Waals surface area contributed by atoms with Gasteiger partial charge in [-0.2, -0.15) is 0 Å². The van der Waals surface area contributed by atoms with Gasteiger partial charge >= 0.3 is 0 Å². The van der Waals surface area contributed by atoms with Crippen molar-refractivity contribution in [2.75, 3.05) is 6.61 Å². The smallest absolute Gasteiger partial charge is 0.272 e. The zero-order valence-electron chi connectivity index (χ0n) is 11.6. The molecule has 0 aliphatic heterocycles. The third kappa shape index (κ3) is 4.35. The molecule has 0 unspecified atom stereocenters. The van der Waals surface area contributed by atoms with Gasteiger partial charge in [-0.1, -0.05) is 6.92 Å². The van der Waals surface area contributed by atoms with Gasteiger partial charge in [0.1, 0.15) is 11.5 Å². The summed E-state index contributed by atoms with van der Waals surface area (Å²) in [5, 5.41) is 10.8. The van der Waals surface area contributed by atoms with E-state index in [4.69, 9.17) is 4.74 Å². The van der Waals surface area contributed by atoms with Gasteiger partial charge in [0, 0.05) is 24.5 Å². The van der Waals surface area contributed by atoms with Gasteiger partial charge in [0.15, 0.2) is 0 Å². The molecule has 0 spiro atoms. The number of hydrogen-bond acceptors (Lipinski definition) is 4. The molecule has 0 aliphatic carbocycles. The molecule has 0 aromatic heterocycles. The van der Waals surface area contributed by atoms with Crippen molar-refractivity contribution >= 4 is 11.5 Å². The fourth-order valence-electron chi connectivity index (χ4n) is 1.75. The normalized spacial score (nSPS) is 10.3. The van der Waals surface area contributed by atoms with Gasteiger partial charge < -0.3 is 4.74 Å². The van der Waals surface area contributed by atoms with Crippen LogP contribution in [0.2, 0.25) is 0 Å². The van der Waals surface area contributed by atoms with E-state index < -0.39 is 4.92 Å². The van der Waals surface area contributed by atoms with Gasteiger partial charge in [-0.3, -0.25) is 14.9 Å². The van der Waals surface area contributed by atoms with E-state index in [-0.39, 0.29) is 11.5 Å². The van der Waals surface area contributed by atoms with E-state index in [1.165, 1.54) is 6.07 Å². The summed E-state index contributed by atoms with van der Waals surface area (Å²) in [6.07, 6.45) is 1.74. The highest BCUT2D eigenvalue weighted by molar-refractivity contribution is 5.77. The molecule has 5 nitrogen and oxygen atoms in total. The summed E-state index contributed by atoms with van der Waals surface area (Å²) in [7, 11) is 0. The van der Waals surface area contributed by atoms with Crippen LogP contribution in [0.1, 0.15) is 37.3 Å². The number of benzene rings is 1. The number of ketones is 1. The molecule has 0 atom stereocenters. The number of rotatable bonds is 7. The summed E-state index contributed by atoms with van der Waals surface area (Å²) in [5.74, 6) is 0.868. The minimum atomic E-state index is -0.397. The van der Waals surface area contributed by atoms with Crippen molar-refractivity contribution in [3.05, 3.63) is 33.4 Å². The minimum absolute atomic E-state index is 0.103. The van der Waals surface area contributed by atoms with Crippen molar-refractivity contribution in [3.8, 4) is 5.75 Å². The van der Waals surface area contributed by atoms with Crippen molar-refractivity contribution in [1.29, 1.82) is 0 Å². The summed E-state index contributed by atoms with van der Waals surface area (Å²) >= 11 is 0. The molecule has 0 amide bonds. The summed E-state index contributed by atoms with van der Waals surface area (Å²) in [6.45, 7) is 5.75. The Labute approximate surface area is 112 Å². The molecule has 19 heavy (non-hydrogen) atoms. The van der Waals surface area contributed by atoms with Crippen molar-refractivity contribution < 1.29 is 14.5 Å². The highest BCUT2D eigenvalue weighted by Gasteiger charge is 2.13. The topological polar surface area (TPSA) is 69.4 Å². The lowest BCUT2D eigenvalue weighted by Gasteiger charge is -2.10. The Balaban J connectivity index is 2.62. The maximum atomic E-state index is 11.1. The van der Waals surface area contributed by atoms with Crippen LogP contribution in [-0.2, 0) is 4.79 Å². The van der Waals surface area contributed by atoms with Crippen molar-refractivity contribution in [1.82, 2.24) is 0 Å². The molecule has 104 valence electrons. The highest BCUT2D eigenvalue weighted by atomic mass is 16.6. The van der Waals surface area contributed by atoms with Crippen LogP contribution in [0.4, 0.5) is 5.69 Å². The number of carbonyl (C=O) groups excluding carboxylic acids is 1. The van der Waals surface area contributed by atoms with Crippen molar-refractivity contribution in [2.45, 2.75) is 40.0 Å². The number of carbonyl (C=O) groups is 1. The maximum absolute atomic E-state index is 11.1. The first-order valence-corrected chi connectivity index (χ1v) is 6.35.